The number of imide groups is 1. The van der Waals surface area contributed by atoms with E-state index in [0.717, 1.165) is 5.56 Å². The number of nitrogens with two attached hydrogens (primary N) is 1. The molecular weight excluding hydrogens is 302 g/mol. The first-order valence-electron chi connectivity index (χ1n) is 6.65. The van der Waals surface area contributed by atoms with Gasteiger partial charge in [-0.3, -0.25) is 10.1 Å². The molecule has 3 amide bonds. The van der Waals surface area contributed by atoms with Crippen LogP contribution in [0.15, 0.2) is 48.5 Å². The van der Waals surface area contributed by atoms with Gasteiger partial charge in [0.15, 0.2) is 0 Å². The zero-order valence-electron chi connectivity index (χ0n) is 12.0. The lowest BCUT2D eigenvalue weighted by molar-refractivity contribution is -0.120. The average Bonchev–Trinajstić information content (AvgIpc) is 2.48. The van der Waals surface area contributed by atoms with Crippen molar-refractivity contribution in [2.24, 2.45) is 5.73 Å². The van der Waals surface area contributed by atoms with E-state index < -0.39 is 18.0 Å². The number of anilines is 1. The molecule has 0 unspecified atom stereocenters. The van der Waals surface area contributed by atoms with E-state index in [0.29, 0.717) is 16.3 Å². The predicted molar refractivity (Wildman–Crippen MR) is 86.7 cm³/mol. The Morgan fingerprint density at radius 2 is 1.82 bits per heavy atom. The highest BCUT2D eigenvalue weighted by Gasteiger charge is 2.21. The molecule has 4 N–H and O–H groups in total. The van der Waals surface area contributed by atoms with Gasteiger partial charge in [-0.05, 0) is 30.2 Å². The first-order chi connectivity index (χ1) is 10.5. The van der Waals surface area contributed by atoms with Crippen LogP contribution in [0, 0.1) is 6.92 Å². The van der Waals surface area contributed by atoms with E-state index in [-0.39, 0.29) is 0 Å². The van der Waals surface area contributed by atoms with Crippen molar-refractivity contribution in [3.63, 3.8) is 0 Å². The topological polar surface area (TPSA) is 84.2 Å². The number of primary amides is 1. The number of hydrogen-bond acceptors (Lipinski definition) is 3. The molecule has 6 heteroatoms. The van der Waals surface area contributed by atoms with Crippen molar-refractivity contribution >= 4 is 29.2 Å². The minimum Gasteiger partial charge on any atom is -0.370 e. The van der Waals surface area contributed by atoms with E-state index in [4.69, 9.17) is 17.3 Å². The Hall–Kier alpha value is -2.53. The van der Waals surface area contributed by atoms with E-state index in [1.54, 1.807) is 18.2 Å². The monoisotopic (exact) mass is 317 g/mol. The van der Waals surface area contributed by atoms with E-state index in [9.17, 15) is 9.59 Å². The highest BCUT2D eigenvalue weighted by molar-refractivity contribution is 6.31. The predicted octanol–water partition coefficient (Wildman–Crippen LogP) is 3.00. The van der Waals surface area contributed by atoms with Gasteiger partial charge in [0.25, 0.3) is 5.91 Å². The van der Waals surface area contributed by atoms with Crippen LogP contribution < -0.4 is 16.4 Å². The molecule has 22 heavy (non-hydrogen) atoms. The van der Waals surface area contributed by atoms with E-state index in [1.807, 2.05) is 37.3 Å². The lowest BCUT2D eigenvalue weighted by Crippen LogP contribution is -2.40. The summed E-state index contributed by atoms with van der Waals surface area (Å²) in [6.07, 6.45) is 0. The van der Waals surface area contributed by atoms with Gasteiger partial charge in [0.1, 0.15) is 6.04 Å². The summed E-state index contributed by atoms with van der Waals surface area (Å²) in [4.78, 5) is 23.1. The molecular formula is C16H16ClN3O2. The van der Waals surface area contributed by atoms with Crippen LogP contribution >= 0.6 is 11.6 Å². The minimum absolute atomic E-state index is 0.532. The third kappa shape index (κ3) is 3.99. The van der Waals surface area contributed by atoms with Crippen LogP contribution in [0.1, 0.15) is 17.2 Å². The Balaban J connectivity index is 2.30. The molecule has 114 valence electrons. The van der Waals surface area contributed by atoms with Gasteiger partial charge in [0, 0.05) is 10.7 Å². The molecule has 0 radical (unpaired) electrons. The van der Waals surface area contributed by atoms with Gasteiger partial charge in [0.2, 0.25) is 0 Å². The molecule has 0 aromatic heterocycles. The zero-order valence-corrected chi connectivity index (χ0v) is 12.7. The molecule has 0 saturated heterocycles. The van der Waals surface area contributed by atoms with Crippen molar-refractivity contribution in [1.29, 1.82) is 0 Å². The van der Waals surface area contributed by atoms with Crippen LogP contribution in [-0.2, 0) is 4.79 Å². The summed E-state index contributed by atoms with van der Waals surface area (Å²) in [6.45, 7) is 1.89. The first-order valence-corrected chi connectivity index (χ1v) is 7.03. The second-order valence-electron chi connectivity index (χ2n) is 4.81. The maximum absolute atomic E-state index is 12.2. The van der Waals surface area contributed by atoms with Crippen LogP contribution in [-0.4, -0.2) is 11.9 Å². The number of amides is 3. The quantitative estimate of drug-likeness (QED) is 0.810. The lowest BCUT2D eigenvalue weighted by atomic mass is 10.1. The van der Waals surface area contributed by atoms with Gasteiger partial charge in [-0.2, -0.15) is 0 Å². The number of carbonyl (C=O) groups is 2. The van der Waals surface area contributed by atoms with Crippen molar-refractivity contribution in [2.45, 2.75) is 13.0 Å². The second kappa shape index (κ2) is 6.95. The van der Waals surface area contributed by atoms with Crippen LogP contribution in [0.3, 0.4) is 0 Å². The van der Waals surface area contributed by atoms with Crippen molar-refractivity contribution < 1.29 is 9.59 Å². The highest BCUT2D eigenvalue weighted by atomic mass is 35.5. The fraction of sp³-hybridized carbons (Fsp3) is 0.125. The van der Waals surface area contributed by atoms with Gasteiger partial charge >= 0.3 is 6.03 Å². The molecule has 2 aromatic rings. The third-order valence-electron chi connectivity index (χ3n) is 3.12. The fourth-order valence-corrected chi connectivity index (χ4v) is 2.17. The molecule has 0 aliphatic heterocycles. The number of carbonyl (C=O) groups excluding carboxylic acids is 2. The molecule has 5 nitrogen and oxygen atoms in total. The summed E-state index contributed by atoms with van der Waals surface area (Å²) in [6, 6.07) is 12.8. The van der Waals surface area contributed by atoms with E-state index >= 15 is 0 Å². The molecule has 0 aliphatic rings. The summed E-state index contributed by atoms with van der Waals surface area (Å²) >= 11 is 6.09. The standard InChI is InChI=1S/C16H16ClN3O2/c1-10-7-8-12(9-13(10)17)19-14(15(21)20-16(18)22)11-5-3-2-4-6-11/h2-9,14,19H,1H3,(H3,18,20,21,22)/t14-/m0/s1. The van der Waals surface area contributed by atoms with Crippen LogP contribution in [0.25, 0.3) is 0 Å². The number of nitrogens with one attached hydrogen (secondary N) is 2. The number of benzene rings is 2. The smallest absolute Gasteiger partial charge is 0.318 e. The summed E-state index contributed by atoms with van der Waals surface area (Å²) in [7, 11) is 0. The molecule has 2 aromatic carbocycles. The molecule has 1 atom stereocenters. The van der Waals surface area contributed by atoms with Crippen molar-refractivity contribution in [3.8, 4) is 0 Å². The first kappa shape index (κ1) is 15.9. The Morgan fingerprint density at radius 3 is 2.41 bits per heavy atom. The normalized spacial score (nSPS) is 11.5. The van der Waals surface area contributed by atoms with Gasteiger partial charge in [0.05, 0.1) is 0 Å². The molecule has 0 heterocycles. The fourth-order valence-electron chi connectivity index (χ4n) is 1.99. The Bertz CT molecular complexity index is 689. The van der Waals surface area contributed by atoms with Gasteiger partial charge in [-0.15, -0.1) is 0 Å². The van der Waals surface area contributed by atoms with Crippen LogP contribution in [0.4, 0.5) is 10.5 Å². The Kier molecular flexibility index (Phi) is 5.01. The molecule has 0 bridgehead atoms. The molecule has 0 aliphatic carbocycles. The Labute approximate surface area is 133 Å². The summed E-state index contributed by atoms with van der Waals surface area (Å²) in [5.41, 5.74) is 7.34. The summed E-state index contributed by atoms with van der Waals surface area (Å²) in [5.74, 6) is -0.532. The number of halogens is 1. The average molecular weight is 318 g/mol. The minimum atomic E-state index is -0.894. The number of aryl methyl sites for hydroxylation is 1. The van der Waals surface area contributed by atoms with Crippen molar-refractivity contribution in [3.05, 3.63) is 64.7 Å². The number of hydrogen-bond donors (Lipinski definition) is 3. The SMILES string of the molecule is Cc1ccc(N[C@H](C(=O)NC(N)=O)c2ccccc2)cc1Cl. The van der Waals surface area contributed by atoms with Gasteiger partial charge in [-0.25, -0.2) is 4.79 Å². The highest BCUT2D eigenvalue weighted by Crippen LogP contribution is 2.24. The summed E-state index contributed by atoms with van der Waals surface area (Å²) < 4.78 is 0. The molecule has 0 spiro atoms. The number of urea groups is 1. The number of rotatable bonds is 4. The molecule has 0 saturated carbocycles. The molecule has 0 fully saturated rings. The third-order valence-corrected chi connectivity index (χ3v) is 3.53. The zero-order chi connectivity index (χ0) is 16.1. The van der Waals surface area contributed by atoms with Crippen LogP contribution in [0.5, 0.6) is 0 Å². The van der Waals surface area contributed by atoms with Crippen molar-refractivity contribution in [2.75, 3.05) is 5.32 Å². The second-order valence-corrected chi connectivity index (χ2v) is 5.21. The van der Waals surface area contributed by atoms with Gasteiger partial charge < -0.3 is 11.1 Å². The largest absolute Gasteiger partial charge is 0.370 e. The van der Waals surface area contributed by atoms with E-state index in [2.05, 4.69) is 10.6 Å². The maximum atomic E-state index is 12.2. The lowest BCUT2D eigenvalue weighted by Gasteiger charge is -2.19. The van der Waals surface area contributed by atoms with E-state index in [1.165, 1.54) is 0 Å². The van der Waals surface area contributed by atoms with Crippen molar-refractivity contribution in [1.82, 2.24) is 5.32 Å². The maximum Gasteiger partial charge on any atom is 0.318 e. The molecule has 2 rings (SSSR count). The Morgan fingerprint density at radius 1 is 1.14 bits per heavy atom. The van der Waals surface area contributed by atoms with Crippen LogP contribution in [0.2, 0.25) is 5.02 Å². The van der Waals surface area contributed by atoms with Gasteiger partial charge in [-0.1, -0.05) is 48.0 Å². The summed E-state index contributed by atoms with van der Waals surface area (Å²) in [5, 5.41) is 5.75.